The molecule has 0 saturated carbocycles. The molecule has 0 amide bonds. The van der Waals surface area contributed by atoms with E-state index < -0.39 is 11.6 Å². The second-order valence-electron chi connectivity index (χ2n) is 7.53. The lowest BCUT2D eigenvalue weighted by Gasteiger charge is -2.33. The summed E-state index contributed by atoms with van der Waals surface area (Å²) in [6.45, 7) is 5.36. The second-order valence-corrected chi connectivity index (χ2v) is 7.53. The summed E-state index contributed by atoms with van der Waals surface area (Å²) in [4.78, 5) is 12.6. The van der Waals surface area contributed by atoms with Crippen LogP contribution in [0.1, 0.15) is 64.4 Å². The van der Waals surface area contributed by atoms with E-state index in [4.69, 9.17) is 15.2 Å². The van der Waals surface area contributed by atoms with Gasteiger partial charge in [-0.1, -0.05) is 82.0 Å². The molecule has 2 unspecified atom stereocenters. The number of unbranched alkanes of at least 4 members (excludes halogenated alkanes) is 4. The third-order valence-corrected chi connectivity index (χ3v) is 4.97. The average molecular weight is 386 g/mol. The SMILES string of the molecule is CCCCCCOC1(N)C=CC(C(=O)OCCCC)C(=Cc2ccccc2)C1. The molecule has 2 rings (SSSR count). The van der Waals surface area contributed by atoms with Gasteiger partial charge in [0.1, 0.15) is 5.72 Å². The van der Waals surface area contributed by atoms with Crippen molar-refractivity contribution in [2.24, 2.45) is 11.7 Å². The molecule has 0 spiro atoms. The van der Waals surface area contributed by atoms with Crippen LogP contribution in [0.4, 0.5) is 0 Å². The summed E-state index contributed by atoms with van der Waals surface area (Å²) in [6, 6.07) is 9.99. The van der Waals surface area contributed by atoms with Gasteiger partial charge in [-0.25, -0.2) is 0 Å². The normalized spacial score (nSPS) is 23.1. The summed E-state index contributed by atoms with van der Waals surface area (Å²) in [5.74, 6) is -0.616. The molecule has 28 heavy (non-hydrogen) atoms. The molecule has 4 nitrogen and oxygen atoms in total. The lowest BCUT2D eigenvalue weighted by atomic mass is 9.84. The molecule has 0 saturated heterocycles. The molecule has 4 heteroatoms. The van der Waals surface area contributed by atoms with E-state index in [-0.39, 0.29) is 5.97 Å². The van der Waals surface area contributed by atoms with Crippen molar-refractivity contribution < 1.29 is 14.3 Å². The topological polar surface area (TPSA) is 61.5 Å². The minimum absolute atomic E-state index is 0.211. The molecule has 154 valence electrons. The summed E-state index contributed by atoms with van der Waals surface area (Å²) in [5.41, 5.74) is 7.61. The highest BCUT2D eigenvalue weighted by Crippen LogP contribution is 2.33. The van der Waals surface area contributed by atoms with Crippen molar-refractivity contribution in [1.82, 2.24) is 0 Å². The average Bonchev–Trinajstić information content (AvgIpc) is 2.69. The van der Waals surface area contributed by atoms with Crippen LogP contribution in [0.3, 0.4) is 0 Å². The molecule has 0 radical (unpaired) electrons. The molecule has 1 aromatic carbocycles. The van der Waals surface area contributed by atoms with Crippen LogP contribution in [-0.4, -0.2) is 24.9 Å². The molecule has 0 aliphatic heterocycles. The number of carbonyl (C=O) groups is 1. The lowest BCUT2D eigenvalue weighted by Crippen LogP contribution is -2.45. The van der Waals surface area contributed by atoms with Gasteiger partial charge in [0.05, 0.1) is 12.5 Å². The number of rotatable bonds is 11. The fourth-order valence-electron chi connectivity index (χ4n) is 3.30. The zero-order chi connectivity index (χ0) is 20.2. The smallest absolute Gasteiger partial charge is 0.316 e. The first kappa shape index (κ1) is 22.4. The molecule has 0 heterocycles. The Hall–Kier alpha value is -1.91. The van der Waals surface area contributed by atoms with E-state index in [1.165, 1.54) is 12.8 Å². The Balaban J connectivity index is 2.12. The summed E-state index contributed by atoms with van der Waals surface area (Å²) < 4.78 is 11.5. The van der Waals surface area contributed by atoms with Crippen LogP contribution in [0, 0.1) is 5.92 Å². The van der Waals surface area contributed by atoms with Crippen LogP contribution in [0.2, 0.25) is 0 Å². The highest BCUT2D eigenvalue weighted by atomic mass is 16.5. The molecule has 0 fully saturated rings. The van der Waals surface area contributed by atoms with Gasteiger partial charge in [-0.2, -0.15) is 0 Å². The number of esters is 1. The molecule has 1 aromatic rings. The van der Waals surface area contributed by atoms with Crippen molar-refractivity contribution in [3.05, 3.63) is 53.6 Å². The Morgan fingerprint density at radius 1 is 1.11 bits per heavy atom. The molecule has 0 aromatic heterocycles. The standard InChI is InChI=1S/C24H35NO3/c1-3-5-7-11-17-28-24(25)15-14-22(23(26)27-16-6-4-2)21(19-24)18-20-12-9-8-10-13-20/h8-10,12-15,18,22H,3-7,11,16-17,19,25H2,1-2H3. The Morgan fingerprint density at radius 2 is 1.86 bits per heavy atom. The molecule has 1 aliphatic carbocycles. The van der Waals surface area contributed by atoms with Crippen molar-refractivity contribution in [3.8, 4) is 0 Å². The van der Waals surface area contributed by atoms with Gasteiger partial charge in [-0.05, 0) is 30.1 Å². The van der Waals surface area contributed by atoms with Crippen LogP contribution < -0.4 is 5.73 Å². The largest absolute Gasteiger partial charge is 0.465 e. The quantitative estimate of drug-likeness (QED) is 0.245. The van der Waals surface area contributed by atoms with Gasteiger partial charge < -0.3 is 9.47 Å². The first-order valence-corrected chi connectivity index (χ1v) is 10.6. The molecule has 1 aliphatic rings. The van der Waals surface area contributed by atoms with E-state index in [0.717, 1.165) is 36.8 Å². The van der Waals surface area contributed by atoms with Gasteiger partial charge in [-0.3, -0.25) is 10.5 Å². The zero-order valence-corrected chi connectivity index (χ0v) is 17.4. The van der Waals surface area contributed by atoms with E-state index >= 15 is 0 Å². The fourth-order valence-corrected chi connectivity index (χ4v) is 3.30. The summed E-state index contributed by atoms with van der Waals surface area (Å²) in [5, 5.41) is 0. The van der Waals surface area contributed by atoms with Crippen LogP contribution in [0.15, 0.2) is 48.1 Å². The lowest BCUT2D eigenvalue weighted by molar-refractivity contribution is -0.146. The van der Waals surface area contributed by atoms with E-state index in [9.17, 15) is 4.79 Å². The maximum absolute atomic E-state index is 12.6. The minimum atomic E-state index is -0.868. The molecular weight excluding hydrogens is 350 g/mol. The predicted molar refractivity (Wildman–Crippen MR) is 115 cm³/mol. The Kier molecular flexibility index (Phi) is 9.45. The van der Waals surface area contributed by atoms with Crippen molar-refractivity contribution >= 4 is 12.0 Å². The maximum Gasteiger partial charge on any atom is 0.316 e. The maximum atomic E-state index is 12.6. The molecule has 2 N–H and O–H groups in total. The number of carbonyl (C=O) groups excluding carboxylic acids is 1. The van der Waals surface area contributed by atoms with Gasteiger partial charge >= 0.3 is 5.97 Å². The van der Waals surface area contributed by atoms with Crippen LogP contribution in [0.25, 0.3) is 6.08 Å². The van der Waals surface area contributed by atoms with Crippen molar-refractivity contribution in [2.75, 3.05) is 13.2 Å². The van der Waals surface area contributed by atoms with E-state index in [0.29, 0.717) is 19.6 Å². The Bertz CT molecular complexity index is 653. The second kappa shape index (κ2) is 11.8. The third kappa shape index (κ3) is 7.25. The number of hydrogen-bond acceptors (Lipinski definition) is 4. The molecular formula is C24H35NO3. The number of benzene rings is 1. The first-order valence-electron chi connectivity index (χ1n) is 10.6. The molecule has 2 atom stereocenters. The van der Waals surface area contributed by atoms with E-state index in [1.807, 2.05) is 48.6 Å². The van der Waals surface area contributed by atoms with Gasteiger partial charge in [0.25, 0.3) is 0 Å². The number of ether oxygens (including phenoxy) is 2. The minimum Gasteiger partial charge on any atom is -0.465 e. The summed E-state index contributed by atoms with van der Waals surface area (Å²) in [6.07, 6.45) is 12.6. The number of hydrogen-bond donors (Lipinski definition) is 1. The highest BCUT2D eigenvalue weighted by molar-refractivity contribution is 5.80. The Labute approximate surface area is 169 Å². The molecule has 0 bridgehead atoms. The van der Waals surface area contributed by atoms with E-state index in [2.05, 4.69) is 13.8 Å². The van der Waals surface area contributed by atoms with Crippen molar-refractivity contribution in [1.29, 1.82) is 0 Å². The third-order valence-electron chi connectivity index (χ3n) is 4.97. The zero-order valence-electron chi connectivity index (χ0n) is 17.4. The monoisotopic (exact) mass is 385 g/mol. The summed E-state index contributed by atoms with van der Waals surface area (Å²) in [7, 11) is 0. The van der Waals surface area contributed by atoms with Crippen LogP contribution in [-0.2, 0) is 14.3 Å². The first-order chi connectivity index (χ1) is 13.6. The van der Waals surface area contributed by atoms with Gasteiger partial charge in [-0.15, -0.1) is 0 Å². The van der Waals surface area contributed by atoms with Gasteiger partial charge in [0.2, 0.25) is 0 Å². The van der Waals surface area contributed by atoms with Crippen molar-refractivity contribution in [2.45, 2.75) is 64.5 Å². The highest BCUT2D eigenvalue weighted by Gasteiger charge is 2.35. The van der Waals surface area contributed by atoms with Crippen LogP contribution >= 0.6 is 0 Å². The van der Waals surface area contributed by atoms with Gasteiger partial charge in [0.15, 0.2) is 0 Å². The Morgan fingerprint density at radius 3 is 2.57 bits per heavy atom. The van der Waals surface area contributed by atoms with E-state index in [1.54, 1.807) is 0 Å². The van der Waals surface area contributed by atoms with Crippen LogP contribution in [0.5, 0.6) is 0 Å². The number of nitrogens with two attached hydrogens (primary N) is 1. The summed E-state index contributed by atoms with van der Waals surface area (Å²) >= 11 is 0. The van der Waals surface area contributed by atoms with Gasteiger partial charge in [0, 0.05) is 13.0 Å². The fraction of sp³-hybridized carbons (Fsp3) is 0.542. The van der Waals surface area contributed by atoms with Crippen molar-refractivity contribution in [3.63, 3.8) is 0 Å². The predicted octanol–water partition coefficient (Wildman–Crippen LogP) is 5.24.